The molecule has 0 unspecified atom stereocenters. The number of thiol groups is 1. The van der Waals surface area contributed by atoms with Crippen molar-refractivity contribution in [2.24, 2.45) is 0 Å². The van der Waals surface area contributed by atoms with E-state index in [0.717, 1.165) is 27.6 Å². The molecule has 30 heavy (non-hydrogen) atoms. The maximum atomic E-state index is 12.6. The number of amides is 3. The number of esters is 1. The third kappa shape index (κ3) is 6.52. The van der Waals surface area contributed by atoms with Crippen LogP contribution < -0.4 is 9.04 Å². The molecule has 0 bridgehead atoms. The van der Waals surface area contributed by atoms with E-state index in [0.29, 0.717) is 23.6 Å². The highest BCUT2D eigenvalue weighted by atomic mass is 32.1. The van der Waals surface area contributed by atoms with E-state index in [4.69, 9.17) is 9.47 Å². The number of ether oxygens (including phenoxy) is 2. The van der Waals surface area contributed by atoms with E-state index in [1.807, 2.05) is 26.0 Å². The van der Waals surface area contributed by atoms with Crippen LogP contribution in [0.5, 0.6) is 5.75 Å². The van der Waals surface area contributed by atoms with E-state index < -0.39 is 17.9 Å². The van der Waals surface area contributed by atoms with E-state index >= 15 is 0 Å². The average molecular weight is 431 g/mol. The summed E-state index contributed by atoms with van der Waals surface area (Å²) >= 11 is 4.19. The number of imide groups is 1. The van der Waals surface area contributed by atoms with Gasteiger partial charge in [0.05, 0.1) is 17.9 Å². The molecule has 0 heterocycles. The molecule has 7 nitrogen and oxygen atoms in total. The van der Waals surface area contributed by atoms with Crippen LogP contribution in [0, 0.1) is 6.92 Å². The topological polar surface area (TPSA) is 76.2 Å². The van der Waals surface area contributed by atoms with Crippen LogP contribution in [0.1, 0.15) is 35.7 Å². The smallest absolute Gasteiger partial charge is 0.341 e. The summed E-state index contributed by atoms with van der Waals surface area (Å²) < 4.78 is 11.6. The number of unbranched alkanes of at least 4 members (excludes halogenated alkanes) is 1. The molecule has 0 atom stereocenters. The number of benzene rings is 2. The van der Waals surface area contributed by atoms with Gasteiger partial charge in [-0.1, -0.05) is 38.3 Å². The Bertz CT molecular complexity index is 885. The zero-order valence-electron chi connectivity index (χ0n) is 17.3. The lowest BCUT2D eigenvalue weighted by atomic mass is 10.2. The molecular weight excluding hydrogens is 404 g/mol. The van der Waals surface area contributed by atoms with Gasteiger partial charge in [0.2, 0.25) is 0 Å². The maximum Gasteiger partial charge on any atom is 0.341 e. The van der Waals surface area contributed by atoms with Crippen molar-refractivity contribution in [1.82, 2.24) is 4.90 Å². The summed E-state index contributed by atoms with van der Waals surface area (Å²) in [6, 6.07) is 12.8. The molecule has 0 aliphatic heterocycles. The SMILES string of the molecule is CCCCOC(=O)c1ccc(N(S)C(=O)N(C)C(=O)COc2cccc(C)c2)cc1. The highest BCUT2D eigenvalue weighted by Crippen LogP contribution is 2.20. The summed E-state index contributed by atoms with van der Waals surface area (Å²) in [5.74, 6) is -0.391. The predicted molar refractivity (Wildman–Crippen MR) is 118 cm³/mol. The molecule has 0 N–H and O–H groups in total. The minimum Gasteiger partial charge on any atom is -0.484 e. The molecule has 0 aliphatic rings. The molecule has 0 fully saturated rings. The largest absolute Gasteiger partial charge is 0.484 e. The van der Waals surface area contributed by atoms with Gasteiger partial charge in [0, 0.05) is 7.05 Å². The van der Waals surface area contributed by atoms with Gasteiger partial charge in [-0.05, 0) is 55.3 Å². The van der Waals surface area contributed by atoms with Crippen LogP contribution in [0.4, 0.5) is 10.5 Å². The predicted octanol–water partition coefficient (Wildman–Crippen LogP) is 4.26. The average Bonchev–Trinajstić information content (AvgIpc) is 2.76. The first-order valence-corrected chi connectivity index (χ1v) is 9.99. The summed E-state index contributed by atoms with van der Waals surface area (Å²) in [5, 5.41) is 0. The molecule has 0 saturated heterocycles. The van der Waals surface area contributed by atoms with Gasteiger partial charge in [0.1, 0.15) is 5.75 Å². The number of anilines is 1. The van der Waals surface area contributed by atoms with Crippen LogP contribution >= 0.6 is 12.8 Å². The Morgan fingerprint density at radius 3 is 2.40 bits per heavy atom. The third-order valence-corrected chi connectivity index (χ3v) is 4.67. The molecule has 8 heteroatoms. The zero-order valence-corrected chi connectivity index (χ0v) is 18.2. The highest BCUT2D eigenvalue weighted by Gasteiger charge is 2.23. The number of aryl methyl sites for hydroxylation is 1. The van der Waals surface area contributed by atoms with Crippen LogP contribution in [0.15, 0.2) is 48.5 Å². The van der Waals surface area contributed by atoms with E-state index in [-0.39, 0.29) is 6.61 Å². The molecule has 160 valence electrons. The second-order valence-electron chi connectivity index (χ2n) is 6.69. The van der Waals surface area contributed by atoms with Crippen molar-refractivity contribution in [1.29, 1.82) is 0 Å². The standard InChI is InChI=1S/C22H26N2O5S/c1-4-5-13-28-21(26)17-9-11-18(12-10-17)24(30)22(27)23(3)20(25)15-29-19-8-6-7-16(2)14-19/h6-12,14,30H,4-5,13,15H2,1-3H3. The summed E-state index contributed by atoms with van der Waals surface area (Å²) in [6.07, 6.45) is 1.74. The lowest BCUT2D eigenvalue weighted by Gasteiger charge is -2.22. The van der Waals surface area contributed by atoms with Crippen molar-refractivity contribution in [2.75, 3.05) is 24.6 Å². The minimum atomic E-state index is -0.644. The fourth-order valence-corrected chi connectivity index (χ4v) is 2.70. The quantitative estimate of drug-likeness (QED) is 0.385. The van der Waals surface area contributed by atoms with Crippen LogP contribution in [0.25, 0.3) is 0 Å². The molecule has 0 aliphatic carbocycles. The fraction of sp³-hybridized carbons (Fsp3) is 0.318. The number of hydrogen-bond donors (Lipinski definition) is 1. The van der Waals surface area contributed by atoms with E-state index in [2.05, 4.69) is 12.8 Å². The Hall–Kier alpha value is -3.00. The normalized spacial score (nSPS) is 10.3. The molecule has 2 aromatic rings. The number of likely N-dealkylation sites (N-methyl/N-ethyl adjacent to an activating group) is 1. The monoisotopic (exact) mass is 430 g/mol. The Kier molecular flexibility index (Phi) is 8.73. The Labute approximate surface area is 182 Å². The molecule has 3 amide bonds. The summed E-state index contributed by atoms with van der Waals surface area (Å²) in [4.78, 5) is 37.7. The Balaban J connectivity index is 1.93. The van der Waals surface area contributed by atoms with Gasteiger partial charge < -0.3 is 9.47 Å². The summed E-state index contributed by atoms with van der Waals surface area (Å²) in [6.45, 7) is 4.01. The van der Waals surface area contributed by atoms with Crippen molar-refractivity contribution in [3.63, 3.8) is 0 Å². The number of urea groups is 1. The van der Waals surface area contributed by atoms with Crippen LogP contribution in [0.2, 0.25) is 0 Å². The number of rotatable bonds is 8. The first-order valence-electron chi connectivity index (χ1n) is 9.59. The molecule has 2 aromatic carbocycles. The fourth-order valence-electron chi connectivity index (χ4n) is 2.44. The maximum absolute atomic E-state index is 12.6. The lowest BCUT2D eigenvalue weighted by Crippen LogP contribution is -2.42. The molecule has 0 radical (unpaired) electrons. The molecule has 0 aromatic heterocycles. The van der Waals surface area contributed by atoms with E-state index in [9.17, 15) is 14.4 Å². The van der Waals surface area contributed by atoms with Crippen molar-refractivity contribution in [3.8, 4) is 5.75 Å². The first kappa shape index (κ1) is 23.3. The second-order valence-corrected chi connectivity index (χ2v) is 7.09. The van der Waals surface area contributed by atoms with Gasteiger partial charge in [-0.2, -0.15) is 0 Å². The molecule has 2 rings (SSSR count). The lowest BCUT2D eigenvalue weighted by molar-refractivity contribution is -0.129. The summed E-state index contributed by atoms with van der Waals surface area (Å²) in [5.41, 5.74) is 1.79. The number of carbonyl (C=O) groups is 3. The molecule has 0 saturated carbocycles. The number of nitrogens with zero attached hydrogens (tertiary/aromatic N) is 2. The van der Waals surface area contributed by atoms with Crippen LogP contribution in [-0.2, 0) is 9.53 Å². The minimum absolute atomic E-state index is 0.282. The van der Waals surface area contributed by atoms with E-state index in [1.54, 1.807) is 36.4 Å². The van der Waals surface area contributed by atoms with Crippen LogP contribution in [-0.4, -0.2) is 43.1 Å². The summed E-state index contributed by atoms with van der Waals surface area (Å²) in [7, 11) is 1.35. The third-order valence-electron chi connectivity index (χ3n) is 4.27. The van der Waals surface area contributed by atoms with Gasteiger partial charge in [0.25, 0.3) is 5.91 Å². The van der Waals surface area contributed by atoms with Crippen LogP contribution in [0.3, 0.4) is 0 Å². The Morgan fingerprint density at radius 1 is 1.07 bits per heavy atom. The van der Waals surface area contributed by atoms with Gasteiger partial charge in [-0.25, -0.2) is 13.9 Å². The Morgan fingerprint density at radius 2 is 1.77 bits per heavy atom. The molecule has 0 spiro atoms. The number of hydrogen-bond acceptors (Lipinski definition) is 6. The van der Waals surface area contributed by atoms with Gasteiger partial charge in [-0.3, -0.25) is 9.69 Å². The second kappa shape index (κ2) is 11.3. The molecular formula is C22H26N2O5S. The number of carbonyl (C=O) groups excluding carboxylic acids is 3. The van der Waals surface area contributed by atoms with E-state index in [1.165, 1.54) is 7.05 Å². The van der Waals surface area contributed by atoms with Gasteiger partial charge in [0.15, 0.2) is 6.61 Å². The highest BCUT2D eigenvalue weighted by molar-refractivity contribution is 7.82. The van der Waals surface area contributed by atoms with Crippen molar-refractivity contribution >= 4 is 36.4 Å². The van der Waals surface area contributed by atoms with Gasteiger partial charge >= 0.3 is 12.0 Å². The first-order chi connectivity index (χ1) is 14.3. The zero-order chi connectivity index (χ0) is 22.1. The van der Waals surface area contributed by atoms with Gasteiger partial charge in [-0.15, -0.1) is 0 Å². The van der Waals surface area contributed by atoms with Crippen molar-refractivity contribution < 1.29 is 23.9 Å². The van der Waals surface area contributed by atoms with Crippen molar-refractivity contribution in [3.05, 3.63) is 59.7 Å². The van der Waals surface area contributed by atoms with Crippen molar-refractivity contribution in [2.45, 2.75) is 26.7 Å².